The van der Waals surface area contributed by atoms with Crippen molar-refractivity contribution < 1.29 is 23.8 Å². The van der Waals surface area contributed by atoms with E-state index in [0.29, 0.717) is 0 Å². The Morgan fingerprint density at radius 1 is 1.08 bits per heavy atom. The summed E-state index contributed by atoms with van der Waals surface area (Å²) in [6, 6.07) is 6.09. The normalized spacial score (nSPS) is 17.5. The molecule has 7 heteroatoms. The highest BCUT2D eigenvalue weighted by atomic mass is 16.5. The molecule has 140 valence electrons. The Morgan fingerprint density at radius 3 is 2.38 bits per heavy atom. The lowest BCUT2D eigenvalue weighted by Crippen LogP contribution is -2.39. The van der Waals surface area contributed by atoms with Gasteiger partial charge in [0, 0.05) is 24.5 Å². The zero-order valence-electron chi connectivity index (χ0n) is 15.4. The average Bonchev–Trinajstić information content (AvgIpc) is 3.21. The van der Waals surface area contributed by atoms with Crippen LogP contribution in [0.15, 0.2) is 29.5 Å². The van der Waals surface area contributed by atoms with Crippen molar-refractivity contribution in [3.05, 3.63) is 35.0 Å². The van der Waals surface area contributed by atoms with Gasteiger partial charge in [-0.2, -0.15) is 0 Å². The smallest absolute Gasteiger partial charge is 0.355 e. The third kappa shape index (κ3) is 3.39. The molecular weight excluding hydrogens is 336 g/mol. The molecule has 7 nitrogen and oxygen atoms in total. The van der Waals surface area contributed by atoms with Crippen LogP contribution in [0, 0.1) is 6.92 Å². The summed E-state index contributed by atoms with van der Waals surface area (Å²) in [4.78, 5) is 28.5. The van der Waals surface area contributed by atoms with E-state index in [-0.39, 0.29) is 24.6 Å². The molecule has 0 N–H and O–H groups in total. The van der Waals surface area contributed by atoms with Gasteiger partial charge < -0.3 is 24.0 Å². The molecule has 2 aliphatic heterocycles. The first kappa shape index (κ1) is 18.3. The van der Waals surface area contributed by atoms with Crippen LogP contribution in [0.3, 0.4) is 0 Å². The van der Waals surface area contributed by atoms with Crippen molar-refractivity contribution in [2.45, 2.75) is 19.8 Å². The van der Waals surface area contributed by atoms with Gasteiger partial charge in [-0.1, -0.05) is 0 Å². The molecule has 26 heavy (non-hydrogen) atoms. The number of carbonyl (C=O) groups excluding carboxylic acids is 2. The molecule has 1 aromatic carbocycles. The maximum atomic E-state index is 12.4. The van der Waals surface area contributed by atoms with Crippen molar-refractivity contribution in [2.24, 2.45) is 0 Å². The topological polar surface area (TPSA) is 68.3 Å². The number of ether oxygens (including phenoxy) is 3. The summed E-state index contributed by atoms with van der Waals surface area (Å²) >= 11 is 0. The van der Waals surface area contributed by atoms with E-state index in [4.69, 9.17) is 14.2 Å². The van der Waals surface area contributed by atoms with Gasteiger partial charge in [-0.05, 0) is 43.5 Å². The van der Waals surface area contributed by atoms with E-state index in [9.17, 15) is 9.59 Å². The minimum atomic E-state index is -0.596. The molecule has 0 aromatic heterocycles. The zero-order chi connectivity index (χ0) is 18.7. The van der Waals surface area contributed by atoms with Gasteiger partial charge in [0.1, 0.15) is 12.4 Å². The molecule has 0 radical (unpaired) electrons. The Labute approximate surface area is 153 Å². The largest absolute Gasteiger partial charge is 0.466 e. The Balaban J connectivity index is 2.00. The Morgan fingerprint density at radius 2 is 1.77 bits per heavy atom. The SMILES string of the molecule is COC(=O)C1=C(C(=O)OC)N(c2ccc(N3CCCC3)cc2C)COC1. The summed E-state index contributed by atoms with van der Waals surface area (Å²) in [7, 11) is 2.57. The van der Waals surface area contributed by atoms with E-state index < -0.39 is 11.9 Å². The third-order valence-corrected chi connectivity index (χ3v) is 4.78. The van der Waals surface area contributed by atoms with Crippen LogP contribution in [0.2, 0.25) is 0 Å². The number of carbonyl (C=O) groups is 2. The highest BCUT2D eigenvalue weighted by Crippen LogP contribution is 2.32. The van der Waals surface area contributed by atoms with E-state index in [0.717, 1.165) is 24.3 Å². The minimum absolute atomic E-state index is 0.0124. The van der Waals surface area contributed by atoms with Crippen LogP contribution < -0.4 is 9.80 Å². The first-order valence-corrected chi connectivity index (χ1v) is 8.67. The molecule has 3 rings (SSSR count). The van der Waals surface area contributed by atoms with Crippen molar-refractivity contribution in [2.75, 3.05) is 50.4 Å². The fourth-order valence-corrected chi connectivity index (χ4v) is 3.45. The van der Waals surface area contributed by atoms with Crippen LogP contribution in [0.5, 0.6) is 0 Å². The predicted molar refractivity (Wildman–Crippen MR) is 97.0 cm³/mol. The van der Waals surface area contributed by atoms with Gasteiger partial charge >= 0.3 is 11.9 Å². The number of hydrogen-bond acceptors (Lipinski definition) is 7. The lowest BCUT2D eigenvalue weighted by atomic mass is 10.1. The molecule has 0 unspecified atom stereocenters. The summed E-state index contributed by atoms with van der Waals surface area (Å²) < 4.78 is 15.2. The van der Waals surface area contributed by atoms with Gasteiger partial charge in [0.05, 0.1) is 26.4 Å². The van der Waals surface area contributed by atoms with Gasteiger partial charge in [0.2, 0.25) is 0 Å². The summed E-state index contributed by atoms with van der Waals surface area (Å²) in [5.74, 6) is -1.18. The summed E-state index contributed by atoms with van der Waals surface area (Å²) in [5, 5.41) is 0. The maximum absolute atomic E-state index is 12.4. The van der Waals surface area contributed by atoms with Crippen LogP contribution >= 0.6 is 0 Å². The van der Waals surface area contributed by atoms with Crippen LogP contribution in [0.4, 0.5) is 11.4 Å². The van der Waals surface area contributed by atoms with Crippen LogP contribution in [-0.2, 0) is 23.8 Å². The Kier molecular flexibility index (Phi) is 5.46. The van der Waals surface area contributed by atoms with Gasteiger partial charge in [0.25, 0.3) is 0 Å². The summed E-state index contributed by atoms with van der Waals surface area (Å²) in [6.07, 6.45) is 2.41. The fourth-order valence-electron chi connectivity index (χ4n) is 3.45. The van der Waals surface area contributed by atoms with E-state index in [1.165, 1.54) is 32.7 Å². The number of hydrogen-bond donors (Lipinski definition) is 0. The number of nitrogens with zero attached hydrogens (tertiary/aromatic N) is 2. The number of rotatable bonds is 4. The molecule has 1 aromatic rings. The quantitative estimate of drug-likeness (QED) is 0.761. The number of methoxy groups -OCH3 is 2. The van der Waals surface area contributed by atoms with E-state index in [1.807, 2.05) is 19.1 Å². The van der Waals surface area contributed by atoms with Crippen molar-refractivity contribution >= 4 is 23.3 Å². The molecule has 0 amide bonds. The van der Waals surface area contributed by atoms with E-state index >= 15 is 0 Å². The molecule has 0 spiro atoms. The number of esters is 2. The molecule has 0 atom stereocenters. The van der Waals surface area contributed by atoms with Crippen molar-refractivity contribution in [1.82, 2.24) is 0 Å². The predicted octanol–water partition coefficient (Wildman–Crippen LogP) is 1.99. The molecule has 0 aliphatic carbocycles. The van der Waals surface area contributed by atoms with Gasteiger partial charge in [0.15, 0.2) is 0 Å². The molecule has 2 aliphatic rings. The standard InChI is InChI=1S/C19H24N2O5/c1-13-10-14(20-8-4-5-9-20)6-7-16(13)21-12-26-11-15(18(22)24-2)17(21)19(23)25-3/h6-7,10H,4-5,8-9,11-12H2,1-3H3. The second-order valence-corrected chi connectivity index (χ2v) is 6.38. The van der Waals surface area contributed by atoms with Crippen molar-refractivity contribution in [3.8, 4) is 0 Å². The van der Waals surface area contributed by atoms with Gasteiger partial charge in [-0.25, -0.2) is 9.59 Å². The molecule has 1 saturated heterocycles. The van der Waals surface area contributed by atoms with Crippen molar-refractivity contribution in [1.29, 1.82) is 0 Å². The van der Waals surface area contributed by atoms with Gasteiger partial charge in [-0.15, -0.1) is 0 Å². The monoisotopic (exact) mass is 360 g/mol. The number of anilines is 2. The highest BCUT2D eigenvalue weighted by Gasteiger charge is 2.33. The molecule has 0 saturated carbocycles. The van der Waals surface area contributed by atoms with E-state index in [1.54, 1.807) is 4.90 Å². The molecular formula is C19H24N2O5. The van der Waals surface area contributed by atoms with Crippen molar-refractivity contribution in [3.63, 3.8) is 0 Å². The molecule has 0 bridgehead atoms. The van der Waals surface area contributed by atoms with Crippen LogP contribution in [0.1, 0.15) is 18.4 Å². The lowest BCUT2D eigenvalue weighted by Gasteiger charge is -2.32. The summed E-state index contributed by atoms with van der Waals surface area (Å²) in [6.45, 7) is 4.28. The first-order valence-electron chi connectivity index (χ1n) is 8.67. The molecule has 1 fully saturated rings. The average molecular weight is 360 g/mol. The summed E-state index contributed by atoms with van der Waals surface area (Å²) in [5.41, 5.74) is 3.29. The van der Waals surface area contributed by atoms with E-state index in [2.05, 4.69) is 11.0 Å². The number of aryl methyl sites for hydroxylation is 1. The fraction of sp³-hybridized carbons (Fsp3) is 0.474. The second kappa shape index (κ2) is 7.78. The number of benzene rings is 1. The highest BCUT2D eigenvalue weighted by molar-refractivity contribution is 6.03. The second-order valence-electron chi connectivity index (χ2n) is 6.38. The minimum Gasteiger partial charge on any atom is -0.466 e. The maximum Gasteiger partial charge on any atom is 0.355 e. The Bertz CT molecular complexity index is 737. The third-order valence-electron chi connectivity index (χ3n) is 4.78. The first-order chi connectivity index (χ1) is 12.6. The van der Waals surface area contributed by atoms with Gasteiger partial charge in [-0.3, -0.25) is 0 Å². The van der Waals surface area contributed by atoms with Crippen LogP contribution in [-0.4, -0.2) is 52.6 Å². The molecule has 2 heterocycles. The Hall–Kier alpha value is -2.54. The lowest BCUT2D eigenvalue weighted by molar-refractivity contribution is -0.140. The zero-order valence-corrected chi connectivity index (χ0v) is 15.4. The van der Waals surface area contributed by atoms with Crippen LogP contribution in [0.25, 0.3) is 0 Å².